The second-order valence-electron chi connectivity index (χ2n) is 6.67. The Morgan fingerprint density at radius 3 is 2.17 bits per heavy atom. The number of hydrogen-bond donors (Lipinski definition) is 2. The van der Waals surface area contributed by atoms with Gasteiger partial charge < -0.3 is 0 Å². The molecule has 2 rings (SSSR count). The average molecular weight is 389 g/mol. The van der Waals surface area contributed by atoms with Crippen LogP contribution in [0.15, 0.2) is 46.9 Å². The molecule has 2 amide bonds. The third kappa shape index (κ3) is 4.23. The highest BCUT2D eigenvalue weighted by Gasteiger charge is 2.18. The van der Waals surface area contributed by atoms with E-state index >= 15 is 0 Å². The van der Waals surface area contributed by atoms with Crippen LogP contribution in [0.4, 0.5) is 0 Å². The van der Waals surface area contributed by atoms with Crippen molar-refractivity contribution in [3.63, 3.8) is 0 Å². The minimum absolute atomic E-state index is 0.0209. The molecule has 0 bridgehead atoms. The molecule has 2 aromatic rings. The number of halogens is 1. The van der Waals surface area contributed by atoms with E-state index in [1.54, 1.807) is 24.3 Å². The summed E-state index contributed by atoms with van der Waals surface area (Å²) in [6, 6.07) is 12.6. The van der Waals surface area contributed by atoms with Crippen molar-refractivity contribution in [2.75, 3.05) is 0 Å². The molecule has 0 aliphatic carbocycles. The van der Waals surface area contributed by atoms with E-state index in [4.69, 9.17) is 0 Å². The van der Waals surface area contributed by atoms with Crippen molar-refractivity contribution in [2.45, 2.75) is 33.1 Å². The maximum absolute atomic E-state index is 12.2. The Balaban J connectivity index is 2.07. The van der Waals surface area contributed by atoms with Crippen LogP contribution in [0.1, 0.15) is 52.6 Å². The Morgan fingerprint density at radius 1 is 0.958 bits per heavy atom. The minimum Gasteiger partial charge on any atom is -0.267 e. The average Bonchev–Trinajstić information content (AvgIpc) is 2.51. The molecule has 24 heavy (non-hydrogen) atoms. The maximum atomic E-state index is 12.2. The molecule has 0 radical (unpaired) electrons. The minimum atomic E-state index is -0.363. The van der Waals surface area contributed by atoms with Gasteiger partial charge in [-0.15, -0.1) is 0 Å². The van der Waals surface area contributed by atoms with Gasteiger partial charge in [0.25, 0.3) is 11.8 Å². The summed E-state index contributed by atoms with van der Waals surface area (Å²) in [4.78, 5) is 24.4. The van der Waals surface area contributed by atoms with Gasteiger partial charge in [0.15, 0.2) is 0 Å². The van der Waals surface area contributed by atoms with Gasteiger partial charge in [-0.05, 0) is 41.7 Å². The molecule has 5 heteroatoms. The lowest BCUT2D eigenvalue weighted by Gasteiger charge is -2.21. The van der Waals surface area contributed by atoms with Gasteiger partial charge in [-0.3, -0.25) is 20.4 Å². The molecule has 0 fully saturated rings. The van der Waals surface area contributed by atoms with Crippen molar-refractivity contribution in [3.05, 3.63) is 69.2 Å². The maximum Gasteiger partial charge on any atom is 0.269 e. The Morgan fingerprint density at radius 2 is 1.58 bits per heavy atom. The highest BCUT2D eigenvalue weighted by molar-refractivity contribution is 9.10. The zero-order valence-electron chi connectivity index (χ0n) is 14.2. The van der Waals surface area contributed by atoms with E-state index in [1.165, 1.54) is 0 Å². The van der Waals surface area contributed by atoms with E-state index in [0.717, 1.165) is 15.6 Å². The molecule has 0 atom stereocenters. The fourth-order valence-corrected chi connectivity index (χ4v) is 3.32. The van der Waals surface area contributed by atoms with Crippen molar-refractivity contribution < 1.29 is 9.59 Å². The standard InChI is InChI=1S/C19H21BrN2O2/c1-12-7-5-6-8-14(12)18(24)22-21-17(23)13-9-10-15(16(20)11-13)19(2,3)4/h5-11H,1-4H3,(H,21,23)(H,22,24). The second kappa shape index (κ2) is 7.18. The zero-order chi connectivity index (χ0) is 17.9. The molecule has 2 aromatic carbocycles. The number of benzene rings is 2. The van der Waals surface area contributed by atoms with Gasteiger partial charge in [0, 0.05) is 15.6 Å². The van der Waals surface area contributed by atoms with Crippen LogP contribution >= 0.6 is 15.9 Å². The summed E-state index contributed by atoms with van der Waals surface area (Å²) in [7, 11) is 0. The third-order valence-electron chi connectivity index (χ3n) is 3.72. The first-order chi connectivity index (χ1) is 11.2. The predicted octanol–water partition coefficient (Wildman–Crippen LogP) is 4.13. The number of amides is 2. The SMILES string of the molecule is Cc1ccccc1C(=O)NNC(=O)c1ccc(C(C)(C)C)c(Br)c1. The van der Waals surface area contributed by atoms with E-state index in [9.17, 15) is 9.59 Å². The van der Waals surface area contributed by atoms with E-state index in [-0.39, 0.29) is 17.2 Å². The number of carbonyl (C=O) groups is 2. The van der Waals surface area contributed by atoms with E-state index in [1.807, 2.05) is 25.1 Å². The van der Waals surface area contributed by atoms with Gasteiger partial charge in [0.05, 0.1) is 0 Å². The lowest BCUT2D eigenvalue weighted by Crippen LogP contribution is -2.41. The van der Waals surface area contributed by atoms with E-state index in [0.29, 0.717) is 11.1 Å². The summed E-state index contributed by atoms with van der Waals surface area (Å²) >= 11 is 3.51. The largest absolute Gasteiger partial charge is 0.269 e. The van der Waals surface area contributed by atoms with Crippen LogP contribution < -0.4 is 10.9 Å². The Kier molecular flexibility index (Phi) is 5.44. The molecule has 0 saturated heterocycles. The number of aryl methyl sites for hydroxylation is 1. The monoisotopic (exact) mass is 388 g/mol. The summed E-state index contributed by atoms with van der Waals surface area (Å²) in [6.45, 7) is 8.17. The Hall–Kier alpha value is -2.14. The van der Waals surface area contributed by atoms with Crippen molar-refractivity contribution in [1.82, 2.24) is 10.9 Å². The fraction of sp³-hybridized carbons (Fsp3) is 0.263. The lowest BCUT2D eigenvalue weighted by molar-refractivity contribution is 0.0846. The predicted molar refractivity (Wildman–Crippen MR) is 99.0 cm³/mol. The zero-order valence-corrected chi connectivity index (χ0v) is 15.8. The molecule has 0 saturated carbocycles. The molecule has 0 spiro atoms. The molecule has 0 aliphatic rings. The van der Waals surface area contributed by atoms with Crippen LogP contribution in [0, 0.1) is 6.92 Å². The molecule has 0 heterocycles. The van der Waals surface area contributed by atoms with Gasteiger partial charge in [-0.1, -0.05) is 61.0 Å². The van der Waals surface area contributed by atoms with Gasteiger partial charge in [-0.2, -0.15) is 0 Å². The van der Waals surface area contributed by atoms with Crippen LogP contribution in [-0.4, -0.2) is 11.8 Å². The topological polar surface area (TPSA) is 58.2 Å². The van der Waals surface area contributed by atoms with Crippen molar-refractivity contribution in [2.24, 2.45) is 0 Å². The Bertz CT molecular complexity index is 779. The van der Waals surface area contributed by atoms with Gasteiger partial charge in [0.2, 0.25) is 0 Å². The summed E-state index contributed by atoms with van der Waals surface area (Å²) < 4.78 is 0.868. The van der Waals surface area contributed by atoms with Crippen LogP contribution in [0.5, 0.6) is 0 Å². The Labute approximate surface area is 150 Å². The van der Waals surface area contributed by atoms with Gasteiger partial charge in [-0.25, -0.2) is 0 Å². The first-order valence-corrected chi connectivity index (χ1v) is 8.46. The number of nitrogens with one attached hydrogen (secondary N) is 2. The molecule has 0 unspecified atom stereocenters. The summed E-state index contributed by atoms with van der Waals surface area (Å²) in [6.07, 6.45) is 0. The highest BCUT2D eigenvalue weighted by atomic mass is 79.9. The molecule has 0 aliphatic heterocycles. The fourth-order valence-electron chi connectivity index (χ4n) is 2.35. The van der Waals surface area contributed by atoms with Crippen LogP contribution in [0.2, 0.25) is 0 Å². The summed E-state index contributed by atoms with van der Waals surface area (Å²) in [5.41, 5.74) is 7.84. The molecule has 0 aromatic heterocycles. The van der Waals surface area contributed by atoms with E-state index in [2.05, 4.69) is 47.6 Å². The number of hydrazine groups is 1. The van der Waals surface area contributed by atoms with E-state index < -0.39 is 0 Å². The summed E-state index contributed by atoms with van der Waals surface area (Å²) in [5.74, 6) is -0.704. The van der Waals surface area contributed by atoms with Crippen molar-refractivity contribution in [3.8, 4) is 0 Å². The second-order valence-corrected chi connectivity index (χ2v) is 7.52. The molecule has 2 N–H and O–H groups in total. The third-order valence-corrected chi connectivity index (χ3v) is 4.37. The first kappa shape index (κ1) is 18.2. The summed E-state index contributed by atoms with van der Waals surface area (Å²) in [5, 5.41) is 0. The first-order valence-electron chi connectivity index (χ1n) is 7.66. The van der Waals surface area contributed by atoms with Crippen molar-refractivity contribution >= 4 is 27.7 Å². The smallest absolute Gasteiger partial charge is 0.267 e. The molecular weight excluding hydrogens is 368 g/mol. The number of hydrogen-bond acceptors (Lipinski definition) is 2. The lowest BCUT2D eigenvalue weighted by atomic mass is 9.86. The number of carbonyl (C=O) groups excluding carboxylic acids is 2. The highest BCUT2D eigenvalue weighted by Crippen LogP contribution is 2.30. The van der Waals surface area contributed by atoms with Crippen molar-refractivity contribution in [1.29, 1.82) is 0 Å². The van der Waals surface area contributed by atoms with Gasteiger partial charge >= 0.3 is 0 Å². The van der Waals surface area contributed by atoms with Crippen LogP contribution in [0.3, 0.4) is 0 Å². The van der Waals surface area contributed by atoms with Crippen LogP contribution in [-0.2, 0) is 5.41 Å². The normalized spacial score (nSPS) is 11.0. The molecule has 4 nitrogen and oxygen atoms in total. The van der Waals surface area contributed by atoms with Gasteiger partial charge in [0.1, 0.15) is 0 Å². The molecule has 126 valence electrons. The molecular formula is C19H21BrN2O2. The number of rotatable bonds is 2. The van der Waals surface area contributed by atoms with Crippen LogP contribution in [0.25, 0.3) is 0 Å². The quantitative estimate of drug-likeness (QED) is 0.759.